The molecule has 2 nitrogen and oxygen atoms in total. The molecule has 0 unspecified atom stereocenters. The minimum absolute atomic E-state index is 0. The third-order valence-corrected chi connectivity index (χ3v) is 0.536. The predicted octanol–water partition coefficient (Wildman–Crippen LogP) is -3.13. The molecule has 0 radical (unpaired) electrons. The monoisotopic (exact) mass is 196 g/mol. The number of aliphatic carboxylic acids is 1. The van der Waals surface area contributed by atoms with E-state index in [-0.39, 0.29) is 58.2 Å². The summed E-state index contributed by atoms with van der Waals surface area (Å²) in [5, 5.41) is 9.64. The molecule has 0 aromatic carbocycles. The zero-order valence-corrected chi connectivity index (χ0v) is 10.5. The van der Waals surface area contributed by atoms with Crippen LogP contribution in [0.5, 0.6) is 0 Å². The summed E-state index contributed by atoms with van der Waals surface area (Å²) in [7, 11) is 0. The second-order valence-electron chi connectivity index (χ2n) is 1.20. The number of carbonyl (C=O) groups excluding carboxylic acids is 1. The van der Waals surface area contributed by atoms with Crippen molar-refractivity contribution < 1.29 is 68.1 Å². The van der Waals surface area contributed by atoms with Gasteiger partial charge in [-0.2, -0.15) is 0 Å². The molecule has 0 aromatic heterocycles. The van der Waals surface area contributed by atoms with Gasteiger partial charge >= 0.3 is 58.2 Å². The molecule has 0 spiro atoms. The Morgan fingerprint density at radius 1 is 1.44 bits per heavy atom. The molecule has 9 heavy (non-hydrogen) atoms. The van der Waals surface area contributed by atoms with E-state index in [0.29, 0.717) is 0 Å². The maximum atomic E-state index is 9.64. The first kappa shape index (κ1) is 12.4. The molecule has 0 rings (SSSR count). The maximum absolute atomic E-state index is 9.64. The van der Waals surface area contributed by atoms with E-state index in [1.165, 1.54) is 6.08 Å². The zero-order chi connectivity index (χ0) is 6.41. The van der Waals surface area contributed by atoms with Crippen molar-refractivity contribution in [2.24, 2.45) is 0 Å². The van der Waals surface area contributed by atoms with Gasteiger partial charge in [0.2, 0.25) is 0 Å². The molecule has 0 aliphatic carbocycles. The molecule has 0 saturated heterocycles. The summed E-state index contributed by atoms with van der Waals surface area (Å²) in [5.74, 6) is -1.16. The van der Waals surface area contributed by atoms with Gasteiger partial charge in [-0.25, -0.2) is 0 Å². The van der Waals surface area contributed by atoms with E-state index in [2.05, 4.69) is 0 Å². The van der Waals surface area contributed by atoms with Crippen molar-refractivity contribution in [2.45, 2.75) is 6.92 Å². The Morgan fingerprint density at radius 2 is 2.00 bits per heavy atom. The Bertz CT molecular complexity index is 127. The second kappa shape index (κ2) is 8.76. The van der Waals surface area contributed by atoms with Gasteiger partial charge in [0.1, 0.15) is 0 Å². The Labute approximate surface area is 103 Å². The van der Waals surface area contributed by atoms with Crippen molar-refractivity contribution in [3.05, 3.63) is 24.3 Å². The van der Waals surface area contributed by atoms with Gasteiger partial charge in [-0.05, 0) is 13.0 Å². The van der Waals surface area contributed by atoms with Crippen molar-refractivity contribution >= 4 is 5.97 Å². The quantitative estimate of drug-likeness (QED) is 0.346. The van der Waals surface area contributed by atoms with Crippen molar-refractivity contribution in [2.75, 3.05) is 0 Å². The minimum Gasteiger partial charge on any atom is -0.545 e. The third-order valence-electron chi connectivity index (χ3n) is 0.536. The van der Waals surface area contributed by atoms with Gasteiger partial charge in [-0.1, -0.05) is 18.2 Å². The summed E-state index contributed by atoms with van der Waals surface area (Å²) in [6.07, 6.45) is 5.74. The Balaban J connectivity index is 0. The number of carbonyl (C=O) groups is 1. The molecule has 0 aromatic rings. The van der Waals surface area contributed by atoms with Crippen LogP contribution in [0.1, 0.15) is 6.92 Å². The first-order chi connectivity index (χ1) is 3.77. The van der Waals surface area contributed by atoms with Crippen molar-refractivity contribution in [1.82, 2.24) is 0 Å². The zero-order valence-electron chi connectivity index (χ0n) is 5.63. The molecule has 3 heteroatoms. The van der Waals surface area contributed by atoms with Crippen LogP contribution in [0, 0.1) is 0 Å². The molecule has 0 bridgehead atoms. The van der Waals surface area contributed by atoms with Crippen molar-refractivity contribution in [1.29, 1.82) is 0 Å². The van der Waals surface area contributed by atoms with Crippen LogP contribution < -0.4 is 63.3 Å². The minimum atomic E-state index is -1.16. The van der Waals surface area contributed by atoms with Gasteiger partial charge in [-0.3, -0.25) is 0 Å². The summed E-state index contributed by atoms with van der Waals surface area (Å²) >= 11 is 0. The summed E-state index contributed by atoms with van der Waals surface area (Å²) < 4.78 is 0. The van der Waals surface area contributed by atoms with E-state index in [1.807, 2.05) is 0 Å². The summed E-state index contributed by atoms with van der Waals surface area (Å²) in [4.78, 5) is 9.64. The van der Waals surface area contributed by atoms with E-state index in [0.717, 1.165) is 6.08 Å². The topological polar surface area (TPSA) is 40.1 Å². The number of hydrogen-bond acceptors (Lipinski definition) is 2. The van der Waals surface area contributed by atoms with Crippen molar-refractivity contribution in [3.8, 4) is 0 Å². The fourth-order valence-corrected chi connectivity index (χ4v) is 0.245. The SMILES string of the molecule is CC=CC=CC(=O)[O-].[Rb+]. The molecule has 0 saturated carbocycles. The molecule has 0 heterocycles. The van der Waals surface area contributed by atoms with Gasteiger partial charge in [0.25, 0.3) is 0 Å². The number of carboxylic acid groups (broad SMARTS) is 1. The molecular formula is C6H7O2Rb. The van der Waals surface area contributed by atoms with Crippen LogP contribution in [-0.2, 0) is 4.79 Å². The van der Waals surface area contributed by atoms with Gasteiger partial charge in [-0.15, -0.1) is 0 Å². The molecule has 0 fully saturated rings. The summed E-state index contributed by atoms with van der Waals surface area (Å²) in [5.41, 5.74) is 0. The van der Waals surface area contributed by atoms with E-state index in [4.69, 9.17) is 0 Å². The normalized spacial score (nSPS) is 9.89. The van der Waals surface area contributed by atoms with Gasteiger partial charge < -0.3 is 9.90 Å². The summed E-state index contributed by atoms with van der Waals surface area (Å²) in [6.45, 7) is 1.81. The van der Waals surface area contributed by atoms with Gasteiger partial charge in [0, 0.05) is 0 Å². The molecule has 0 aliphatic rings. The van der Waals surface area contributed by atoms with Crippen LogP contribution in [0.3, 0.4) is 0 Å². The first-order valence-electron chi connectivity index (χ1n) is 2.27. The number of hydrogen-bond donors (Lipinski definition) is 0. The number of carboxylic acids is 1. The molecule has 0 atom stereocenters. The maximum Gasteiger partial charge on any atom is 1.00 e. The predicted molar refractivity (Wildman–Crippen MR) is 29.0 cm³/mol. The van der Waals surface area contributed by atoms with Crippen LogP contribution in [0.4, 0.5) is 0 Å². The average molecular weight is 197 g/mol. The number of rotatable bonds is 2. The largest absolute Gasteiger partial charge is 1.00 e. The molecule has 0 amide bonds. The van der Waals surface area contributed by atoms with E-state index < -0.39 is 5.97 Å². The smallest absolute Gasteiger partial charge is 0.545 e. The third kappa shape index (κ3) is 12.1. The summed E-state index contributed by atoms with van der Waals surface area (Å²) in [6, 6.07) is 0. The second-order valence-corrected chi connectivity index (χ2v) is 1.20. The molecule has 44 valence electrons. The van der Waals surface area contributed by atoms with E-state index >= 15 is 0 Å². The fourth-order valence-electron chi connectivity index (χ4n) is 0.245. The Hall–Kier alpha value is 0.755. The van der Waals surface area contributed by atoms with Crippen LogP contribution in [0.25, 0.3) is 0 Å². The first-order valence-corrected chi connectivity index (χ1v) is 2.27. The van der Waals surface area contributed by atoms with Crippen LogP contribution in [0.2, 0.25) is 0 Å². The standard InChI is InChI=1S/C6H8O2.Rb/c1-2-3-4-5-6(7)8;/h2-5H,1H3,(H,7,8);/q;+1/p-1. The van der Waals surface area contributed by atoms with Gasteiger partial charge in [0.15, 0.2) is 0 Å². The van der Waals surface area contributed by atoms with Crippen LogP contribution >= 0.6 is 0 Å². The van der Waals surface area contributed by atoms with Gasteiger partial charge in [0.05, 0.1) is 5.97 Å². The van der Waals surface area contributed by atoms with Crippen LogP contribution in [0.15, 0.2) is 24.3 Å². The molecular weight excluding hydrogens is 190 g/mol. The Kier molecular flexibility index (Phi) is 12.1. The Morgan fingerprint density at radius 3 is 2.33 bits per heavy atom. The molecule has 0 N–H and O–H groups in total. The average Bonchev–Trinajstić information content (AvgIpc) is 1.66. The van der Waals surface area contributed by atoms with E-state index in [9.17, 15) is 9.90 Å². The fraction of sp³-hybridized carbons (Fsp3) is 0.167. The number of allylic oxidation sites excluding steroid dienone is 3. The molecule has 0 aliphatic heterocycles. The van der Waals surface area contributed by atoms with Crippen molar-refractivity contribution in [3.63, 3.8) is 0 Å². The van der Waals surface area contributed by atoms with E-state index in [1.54, 1.807) is 19.1 Å². The van der Waals surface area contributed by atoms with Crippen LogP contribution in [-0.4, -0.2) is 5.97 Å².